The highest BCUT2D eigenvalue weighted by Gasteiger charge is 2.22. The molecule has 0 aliphatic carbocycles. The van der Waals surface area contributed by atoms with Crippen molar-refractivity contribution in [3.05, 3.63) is 17.0 Å². The van der Waals surface area contributed by atoms with E-state index in [0.717, 1.165) is 29.9 Å². The highest BCUT2D eigenvalue weighted by Crippen LogP contribution is 2.23. The smallest absolute Gasteiger partial charge is 0.103 e. The summed E-state index contributed by atoms with van der Waals surface area (Å²) >= 11 is 0. The van der Waals surface area contributed by atoms with Gasteiger partial charge in [0.25, 0.3) is 0 Å². The topological polar surface area (TPSA) is 44.9 Å². The summed E-state index contributed by atoms with van der Waals surface area (Å²) < 4.78 is 2.05. The molecule has 0 N–H and O–H groups in total. The average molecular weight is 218 g/mol. The molecule has 2 heterocycles. The summed E-state index contributed by atoms with van der Waals surface area (Å²) in [4.78, 5) is 2.33. The van der Waals surface area contributed by atoms with E-state index in [-0.39, 0.29) is 0 Å². The van der Waals surface area contributed by atoms with Crippen molar-refractivity contribution in [3.8, 4) is 6.07 Å². The largest absolute Gasteiger partial charge is 0.304 e. The van der Waals surface area contributed by atoms with Crippen molar-refractivity contribution >= 4 is 0 Å². The lowest BCUT2D eigenvalue weighted by atomic mass is 10.1. The second kappa shape index (κ2) is 4.26. The normalized spacial score (nSPS) is 22.0. The van der Waals surface area contributed by atoms with Crippen molar-refractivity contribution < 1.29 is 0 Å². The third kappa shape index (κ3) is 1.83. The Hall–Kier alpha value is -1.34. The number of rotatable bonds is 1. The number of hydrogen-bond donors (Lipinski definition) is 0. The van der Waals surface area contributed by atoms with E-state index in [1.807, 2.05) is 18.5 Å². The number of aromatic nitrogens is 2. The zero-order valence-corrected chi connectivity index (χ0v) is 10.2. The Morgan fingerprint density at radius 1 is 1.44 bits per heavy atom. The van der Waals surface area contributed by atoms with Gasteiger partial charge >= 0.3 is 0 Å². The van der Waals surface area contributed by atoms with E-state index >= 15 is 0 Å². The first kappa shape index (κ1) is 11.2. The lowest BCUT2D eigenvalue weighted by molar-refractivity contribution is 0.200. The van der Waals surface area contributed by atoms with Crippen molar-refractivity contribution in [2.24, 2.45) is 0 Å². The zero-order chi connectivity index (χ0) is 11.7. The lowest BCUT2D eigenvalue weighted by Crippen LogP contribution is -2.34. The fraction of sp³-hybridized carbons (Fsp3) is 0.667. The first-order valence-corrected chi connectivity index (χ1v) is 5.78. The molecule has 1 atom stereocenters. The van der Waals surface area contributed by atoms with Gasteiger partial charge in [0.2, 0.25) is 0 Å². The minimum Gasteiger partial charge on any atom is -0.304 e. The summed E-state index contributed by atoms with van der Waals surface area (Å²) in [6, 6.07) is 2.67. The average Bonchev–Trinajstić information content (AvgIpc) is 2.54. The molecule has 1 fully saturated rings. The fourth-order valence-electron chi connectivity index (χ4n) is 2.52. The van der Waals surface area contributed by atoms with Crippen LogP contribution in [0.25, 0.3) is 0 Å². The van der Waals surface area contributed by atoms with Crippen LogP contribution in [0.2, 0.25) is 0 Å². The summed E-state index contributed by atoms with van der Waals surface area (Å²) in [6.07, 6.45) is 2.37. The maximum atomic E-state index is 9.05. The highest BCUT2D eigenvalue weighted by atomic mass is 15.3. The van der Waals surface area contributed by atoms with Gasteiger partial charge in [-0.2, -0.15) is 10.4 Å². The molecule has 86 valence electrons. The molecular formula is C12H18N4. The highest BCUT2D eigenvalue weighted by molar-refractivity contribution is 5.37. The Morgan fingerprint density at radius 3 is 2.75 bits per heavy atom. The number of nitriles is 1. The minimum atomic E-state index is 0.430. The van der Waals surface area contributed by atoms with Crippen LogP contribution in [0.1, 0.15) is 35.8 Å². The van der Waals surface area contributed by atoms with Gasteiger partial charge < -0.3 is 4.90 Å². The zero-order valence-electron chi connectivity index (χ0n) is 10.2. The van der Waals surface area contributed by atoms with E-state index in [4.69, 9.17) is 5.26 Å². The third-order valence-electron chi connectivity index (χ3n) is 3.38. The van der Waals surface area contributed by atoms with Crippen LogP contribution in [0.3, 0.4) is 0 Å². The molecule has 16 heavy (non-hydrogen) atoms. The molecule has 0 saturated carbocycles. The molecule has 1 aliphatic rings. The molecule has 1 aliphatic heterocycles. The Kier molecular flexibility index (Phi) is 2.97. The van der Waals surface area contributed by atoms with Crippen molar-refractivity contribution in [3.63, 3.8) is 0 Å². The molecule has 0 spiro atoms. The molecule has 2 rings (SSSR count). The van der Waals surface area contributed by atoms with Crippen LogP contribution in [0, 0.1) is 25.2 Å². The van der Waals surface area contributed by atoms with Gasteiger partial charge in [0.1, 0.15) is 6.07 Å². The number of nitrogens with zero attached hydrogens (tertiary/aromatic N) is 4. The number of likely N-dealkylation sites (N-methyl/N-ethyl adjacent to an activating group) is 1. The maximum absolute atomic E-state index is 9.05. The molecule has 0 radical (unpaired) electrons. The second-order valence-electron chi connectivity index (χ2n) is 4.66. The van der Waals surface area contributed by atoms with E-state index in [1.165, 1.54) is 13.0 Å². The molecule has 4 nitrogen and oxygen atoms in total. The Morgan fingerprint density at radius 2 is 2.19 bits per heavy atom. The third-order valence-corrected chi connectivity index (χ3v) is 3.38. The van der Waals surface area contributed by atoms with Gasteiger partial charge in [-0.15, -0.1) is 0 Å². The van der Waals surface area contributed by atoms with Crippen LogP contribution >= 0.6 is 0 Å². The molecule has 1 unspecified atom stereocenters. The van der Waals surface area contributed by atoms with Crippen LogP contribution < -0.4 is 0 Å². The van der Waals surface area contributed by atoms with Crippen LogP contribution in [-0.4, -0.2) is 34.8 Å². The lowest BCUT2D eigenvalue weighted by Gasteiger charge is -2.30. The second-order valence-corrected chi connectivity index (χ2v) is 4.66. The molecular weight excluding hydrogens is 200 g/mol. The molecule has 4 heteroatoms. The Labute approximate surface area is 96.5 Å². The fourth-order valence-corrected chi connectivity index (χ4v) is 2.52. The van der Waals surface area contributed by atoms with E-state index in [0.29, 0.717) is 6.04 Å². The van der Waals surface area contributed by atoms with Crippen molar-refractivity contribution in [1.82, 2.24) is 14.7 Å². The first-order valence-electron chi connectivity index (χ1n) is 5.78. The van der Waals surface area contributed by atoms with Gasteiger partial charge in [0, 0.05) is 6.54 Å². The van der Waals surface area contributed by atoms with Crippen LogP contribution in [0.15, 0.2) is 0 Å². The number of piperidine rings is 1. The molecule has 1 saturated heterocycles. The van der Waals surface area contributed by atoms with Gasteiger partial charge in [-0.3, -0.25) is 4.68 Å². The monoisotopic (exact) mass is 218 g/mol. The standard InChI is InChI=1S/C12H18N4/c1-9-12(7-13)10(2)16(14-9)11-5-4-6-15(3)8-11/h11H,4-6,8H2,1-3H3. The number of hydrogen-bond acceptors (Lipinski definition) is 3. The van der Waals surface area contributed by atoms with E-state index in [9.17, 15) is 0 Å². The van der Waals surface area contributed by atoms with Gasteiger partial charge in [-0.25, -0.2) is 0 Å². The predicted molar refractivity (Wildman–Crippen MR) is 62.2 cm³/mol. The summed E-state index contributed by atoms with van der Waals surface area (Å²) in [6.45, 7) is 6.11. The SMILES string of the molecule is Cc1nn(C2CCCN(C)C2)c(C)c1C#N. The Balaban J connectivity index is 2.30. The number of likely N-dealkylation sites (tertiary alicyclic amines) is 1. The number of aryl methyl sites for hydroxylation is 1. The minimum absolute atomic E-state index is 0.430. The molecule has 1 aromatic heterocycles. The molecule has 0 bridgehead atoms. The van der Waals surface area contributed by atoms with Crippen LogP contribution in [-0.2, 0) is 0 Å². The van der Waals surface area contributed by atoms with E-state index in [2.05, 4.69) is 23.1 Å². The van der Waals surface area contributed by atoms with Gasteiger partial charge in [0.15, 0.2) is 0 Å². The van der Waals surface area contributed by atoms with Crippen molar-refractivity contribution in [2.45, 2.75) is 32.7 Å². The van der Waals surface area contributed by atoms with Gasteiger partial charge in [-0.1, -0.05) is 0 Å². The molecule has 1 aromatic rings. The van der Waals surface area contributed by atoms with Gasteiger partial charge in [-0.05, 0) is 40.3 Å². The van der Waals surface area contributed by atoms with E-state index < -0.39 is 0 Å². The summed E-state index contributed by atoms with van der Waals surface area (Å²) in [5.74, 6) is 0. The maximum Gasteiger partial charge on any atom is 0.103 e. The van der Waals surface area contributed by atoms with Gasteiger partial charge in [0.05, 0.1) is 23.0 Å². The van der Waals surface area contributed by atoms with E-state index in [1.54, 1.807) is 0 Å². The summed E-state index contributed by atoms with van der Waals surface area (Å²) in [7, 11) is 2.14. The summed E-state index contributed by atoms with van der Waals surface area (Å²) in [5.41, 5.74) is 2.61. The predicted octanol–water partition coefficient (Wildman–Crippen LogP) is 1.64. The first-order chi connectivity index (χ1) is 7.63. The molecule has 0 amide bonds. The Bertz CT molecular complexity index is 427. The molecule has 0 aromatic carbocycles. The van der Waals surface area contributed by atoms with Crippen molar-refractivity contribution in [2.75, 3.05) is 20.1 Å². The van der Waals surface area contributed by atoms with Crippen LogP contribution in [0.4, 0.5) is 0 Å². The summed E-state index contributed by atoms with van der Waals surface area (Å²) in [5, 5.41) is 13.6. The van der Waals surface area contributed by atoms with Crippen LogP contribution in [0.5, 0.6) is 0 Å². The quantitative estimate of drug-likeness (QED) is 0.719. The van der Waals surface area contributed by atoms with Crippen molar-refractivity contribution in [1.29, 1.82) is 5.26 Å².